The number of rotatable bonds is 6. The highest BCUT2D eigenvalue weighted by atomic mass is 16.5. The second-order valence-electron chi connectivity index (χ2n) is 6.08. The number of fused-ring (bicyclic) bond motifs is 1. The van der Waals surface area contributed by atoms with Gasteiger partial charge in [0.2, 0.25) is 0 Å². The Morgan fingerprint density at radius 2 is 1.83 bits per heavy atom. The Morgan fingerprint density at radius 3 is 2.62 bits per heavy atom. The van der Waals surface area contributed by atoms with E-state index in [-0.39, 0.29) is 0 Å². The Balaban J connectivity index is 1.77. The van der Waals surface area contributed by atoms with Gasteiger partial charge in [0.15, 0.2) is 0 Å². The topological polar surface area (TPSA) is 47.0 Å². The summed E-state index contributed by atoms with van der Waals surface area (Å²) >= 11 is 0. The number of benzene rings is 2. The SMILES string of the molecule is COCc1ccccc1CCNc1ncnc2c(C)cc(C)cc12. The molecule has 0 aliphatic heterocycles. The summed E-state index contributed by atoms with van der Waals surface area (Å²) in [5.41, 5.74) is 5.96. The van der Waals surface area contributed by atoms with Gasteiger partial charge in [-0.2, -0.15) is 0 Å². The van der Waals surface area contributed by atoms with Crippen LogP contribution < -0.4 is 5.32 Å². The molecule has 0 spiro atoms. The van der Waals surface area contributed by atoms with E-state index in [2.05, 4.69) is 65.5 Å². The van der Waals surface area contributed by atoms with Crippen LogP contribution in [0.3, 0.4) is 0 Å². The summed E-state index contributed by atoms with van der Waals surface area (Å²) in [6, 6.07) is 12.7. The number of hydrogen-bond acceptors (Lipinski definition) is 4. The predicted molar refractivity (Wildman–Crippen MR) is 98.4 cm³/mol. The summed E-state index contributed by atoms with van der Waals surface area (Å²) in [6.45, 7) is 5.65. The van der Waals surface area contributed by atoms with Crippen molar-refractivity contribution in [2.45, 2.75) is 26.9 Å². The zero-order valence-corrected chi connectivity index (χ0v) is 14.5. The van der Waals surface area contributed by atoms with Crippen LogP contribution >= 0.6 is 0 Å². The molecule has 0 saturated carbocycles. The molecule has 2 aromatic carbocycles. The molecule has 0 bridgehead atoms. The van der Waals surface area contributed by atoms with Crippen LogP contribution in [0.2, 0.25) is 0 Å². The van der Waals surface area contributed by atoms with Crippen LogP contribution in [-0.4, -0.2) is 23.6 Å². The third kappa shape index (κ3) is 3.54. The summed E-state index contributed by atoms with van der Waals surface area (Å²) in [5.74, 6) is 0.899. The third-order valence-corrected chi connectivity index (χ3v) is 4.18. The van der Waals surface area contributed by atoms with Gasteiger partial charge in [-0.1, -0.05) is 30.3 Å². The van der Waals surface area contributed by atoms with Gasteiger partial charge in [0, 0.05) is 19.0 Å². The first-order valence-corrected chi connectivity index (χ1v) is 8.20. The van der Waals surface area contributed by atoms with E-state index in [1.54, 1.807) is 13.4 Å². The highest BCUT2D eigenvalue weighted by Crippen LogP contribution is 2.23. The van der Waals surface area contributed by atoms with Gasteiger partial charge in [-0.3, -0.25) is 0 Å². The summed E-state index contributed by atoms with van der Waals surface area (Å²) in [6.07, 6.45) is 2.56. The normalized spacial score (nSPS) is 11.0. The van der Waals surface area contributed by atoms with Crippen molar-refractivity contribution in [2.75, 3.05) is 19.0 Å². The van der Waals surface area contributed by atoms with E-state index in [0.717, 1.165) is 29.7 Å². The van der Waals surface area contributed by atoms with Gasteiger partial charge in [-0.15, -0.1) is 0 Å². The number of hydrogen-bond donors (Lipinski definition) is 1. The van der Waals surface area contributed by atoms with Crippen LogP contribution in [0, 0.1) is 13.8 Å². The van der Waals surface area contributed by atoms with Gasteiger partial charge < -0.3 is 10.1 Å². The molecule has 0 saturated heterocycles. The Hall–Kier alpha value is -2.46. The molecule has 0 amide bonds. The Bertz CT molecular complexity index is 845. The van der Waals surface area contributed by atoms with Gasteiger partial charge in [0.1, 0.15) is 12.1 Å². The lowest BCUT2D eigenvalue weighted by molar-refractivity contribution is 0.184. The highest BCUT2D eigenvalue weighted by Gasteiger charge is 2.07. The lowest BCUT2D eigenvalue weighted by Crippen LogP contribution is -2.09. The largest absolute Gasteiger partial charge is 0.380 e. The smallest absolute Gasteiger partial charge is 0.137 e. The van der Waals surface area contributed by atoms with Crippen LogP contribution in [0.5, 0.6) is 0 Å². The second kappa shape index (κ2) is 7.41. The first-order valence-electron chi connectivity index (χ1n) is 8.20. The molecule has 124 valence electrons. The molecular formula is C20H23N3O. The lowest BCUT2D eigenvalue weighted by atomic mass is 10.0. The first-order chi connectivity index (χ1) is 11.7. The summed E-state index contributed by atoms with van der Waals surface area (Å²) in [5, 5.41) is 4.55. The zero-order chi connectivity index (χ0) is 16.9. The van der Waals surface area contributed by atoms with Gasteiger partial charge in [0.05, 0.1) is 12.1 Å². The predicted octanol–water partition coefficient (Wildman–Crippen LogP) is 4.05. The molecule has 0 atom stereocenters. The maximum Gasteiger partial charge on any atom is 0.137 e. The minimum atomic E-state index is 0.644. The monoisotopic (exact) mass is 321 g/mol. The summed E-state index contributed by atoms with van der Waals surface area (Å²) < 4.78 is 5.28. The average molecular weight is 321 g/mol. The molecule has 3 rings (SSSR count). The fraction of sp³-hybridized carbons (Fsp3) is 0.300. The molecule has 0 radical (unpaired) electrons. The van der Waals surface area contributed by atoms with E-state index in [0.29, 0.717) is 6.61 Å². The van der Waals surface area contributed by atoms with E-state index >= 15 is 0 Å². The van der Waals surface area contributed by atoms with Gasteiger partial charge in [0.25, 0.3) is 0 Å². The minimum Gasteiger partial charge on any atom is -0.380 e. The van der Waals surface area contributed by atoms with E-state index in [4.69, 9.17) is 4.74 Å². The number of aryl methyl sites for hydroxylation is 2. The van der Waals surface area contributed by atoms with Crippen LogP contribution in [0.25, 0.3) is 10.9 Å². The van der Waals surface area contributed by atoms with Crippen molar-refractivity contribution < 1.29 is 4.74 Å². The molecule has 1 N–H and O–H groups in total. The molecule has 0 fully saturated rings. The molecule has 4 heteroatoms. The number of nitrogens with zero attached hydrogens (tertiary/aromatic N) is 2. The Kier molecular flexibility index (Phi) is 5.06. The van der Waals surface area contributed by atoms with Crippen molar-refractivity contribution in [3.63, 3.8) is 0 Å². The number of anilines is 1. The maximum atomic E-state index is 5.28. The molecule has 4 nitrogen and oxygen atoms in total. The molecule has 0 aliphatic carbocycles. The maximum absolute atomic E-state index is 5.28. The van der Waals surface area contributed by atoms with E-state index in [9.17, 15) is 0 Å². The van der Waals surface area contributed by atoms with Crippen molar-refractivity contribution in [3.8, 4) is 0 Å². The van der Waals surface area contributed by atoms with Crippen molar-refractivity contribution in [1.82, 2.24) is 9.97 Å². The molecular weight excluding hydrogens is 298 g/mol. The Labute approximate surface area is 142 Å². The van der Waals surface area contributed by atoms with Crippen molar-refractivity contribution in [3.05, 3.63) is 65.0 Å². The molecule has 0 aliphatic rings. The second-order valence-corrected chi connectivity index (χ2v) is 6.08. The molecule has 24 heavy (non-hydrogen) atoms. The van der Waals surface area contributed by atoms with Gasteiger partial charge >= 0.3 is 0 Å². The molecule has 0 unspecified atom stereocenters. The number of nitrogens with one attached hydrogen (secondary N) is 1. The number of methoxy groups -OCH3 is 1. The Morgan fingerprint density at radius 1 is 1.04 bits per heavy atom. The highest BCUT2D eigenvalue weighted by molar-refractivity contribution is 5.91. The summed E-state index contributed by atoms with van der Waals surface area (Å²) in [4.78, 5) is 8.85. The minimum absolute atomic E-state index is 0.644. The van der Waals surface area contributed by atoms with Crippen molar-refractivity contribution in [2.24, 2.45) is 0 Å². The molecule has 1 aromatic heterocycles. The van der Waals surface area contributed by atoms with Gasteiger partial charge in [-0.25, -0.2) is 9.97 Å². The third-order valence-electron chi connectivity index (χ3n) is 4.18. The fourth-order valence-electron chi connectivity index (χ4n) is 3.08. The van der Waals surface area contributed by atoms with Crippen LogP contribution in [0.15, 0.2) is 42.7 Å². The quantitative estimate of drug-likeness (QED) is 0.744. The van der Waals surface area contributed by atoms with Crippen molar-refractivity contribution in [1.29, 1.82) is 0 Å². The van der Waals surface area contributed by atoms with Crippen LogP contribution in [0.1, 0.15) is 22.3 Å². The number of ether oxygens (including phenoxy) is 1. The summed E-state index contributed by atoms with van der Waals surface area (Å²) in [7, 11) is 1.73. The van der Waals surface area contributed by atoms with E-state index < -0.39 is 0 Å². The van der Waals surface area contributed by atoms with E-state index in [1.165, 1.54) is 22.3 Å². The van der Waals surface area contributed by atoms with Crippen LogP contribution in [-0.2, 0) is 17.8 Å². The standard InChI is InChI=1S/C20H23N3O/c1-14-10-15(2)19-18(11-14)20(23-13-22-19)21-9-8-16-6-4-5-7-17(16)12-24-3/h4-7,10-11,13H,8-9,12H2,1-3H3,(H,21,22,23). The zero-order valence-electron chi connectivity index (χ0n) is 14.5. The number of aromatic nitrogens is 2. The lowest BCUT2D eigenvalue weighted by Gasteiger charge is -2.12. The molecule has 1 heterocycles. The average Bonchev–Trinajstić information content (AvgIpc) is 2.57. The molecule has 3 aromatic rings. The fourth-order valence-corrected chi connectivity index (χ4v) is 3.08. The first kappa shape index (κ1) is 16.4. The van der Waals surface area contributed by atoms with E-state index in [1.807, 2.05) is 0 Å². The van der Waals surface area contributed by atoms with Crippen LogP contribution in [0.4, 0.5) is 5.82 Å². The van der Waals surface area contributed by atoms with Gasteiger partial charge in [-0.05, 0) is 48.6 Å². The van der Waals surface area contributed by atoms with Crippen molar-refractivity contribution >= 4 is 16.7 Å².